The van der Waals surface area contributed by atoms with E-state index in [1.807, 2.05) is 6.92 Å². The maximum atomic E-state index is 11.7. The Morgan fingerprint density at radius 1 is 1.43 bits per heavy atom. The lowest BCUT2D eigenvalue weighted by atomic mass is 10.3. The average Bonchev–Trinajstić information content (AvgIpc) is 2.81. The molecule has 1 rings (SSSR count). The molecule has 8 heteroatoms. The normalized spacial score (nSPS) is 11.6. The van der Waals surface area contributed by atoms with Gasteiger partial charge in [0.1, 0.15) is 5.75 Å². The molecule has 0 aromatic carbocycles. The fraction of sp³-hybridized carbons (Fsp3) is 0.462. The summed E-state index contributed by atoms with van der Waals surface area (Å²) >= 11 is 1.13. The van der Waals surface area contributed by atoms with E-state index in [-0.39, 0.29) is 10.6 Å². The summed E-state index contributed by atoms with van der Waals surface area (Å²) in [5.74, 6) is -1.60. The third-order valence-corrected chi connectivity index (χ3v) is 3.74. The number of ether oxygens (including phenoxy) is 1. The van der Waals surface area contributed by atoms with Gasteiger partial charge in [0, 0.05) is 11.9 Å². The molecule has 7 nitrogen and oxygen atoms in total. The molecule has 0 fully saturated rings. The summed E-state index contributed by atoms with van der Waals surface area (Å²) in [6.07, 6.45) is 0.642. The van der Waals surface area contributed by atoms with Crippen molar-refractivity contribution in [3.8, 4) is 5.75 Å². The molecule has 0 aliphatic heterocycles. The Bertz CT molecular complexity index is 541. The zero-order chi connectivity index (χ0) is 16.0. The number of nitrogens with one attached hydrogen (secondary N) is 2. The Labute approximate surface area is 126 Å². The van der Waals surface area contributed by atoms with E-state index < -0.39 is 24.0 Å². The number of carboxylic acid groups (broad SMARTS) is 1. The molecule has 0 bridgehead atoms. The van der Waals surface area contributed by atoms with Crippen molar-refractivity contribution in [2.45, 2.75) is 32.8 Å². The monoisotopic (exact) mass is 314 g/mol. The lowest BCUT2D eigenvalue weighted by molar-refractivity contribution is -0.126. The standard InChI is InChI=1S/C13H18N2O5S/c1-4-5-8-6-9(10(21-8)12(17)18)20-7(2)11(16)15-13(19)14-3/h6-7H,4-5H2,1-3H3,(H,17,18)(H2,14,15,16,19). The lowest BCUT2D eigenvalue weighted by Gasteiger charge is -2.13. The number of rotatable bonds is 6. The molecule has 1 atom stereocenters. The molecule has 1 aromatic heterocycles. The molecule has 21 heavy (non-hydrogen) atoms. The highest BCUT2D eigenvalue weighted by atomic mass is 32.1. The second-order valence-electron chi connectivity index (χ2n) is 4.29. The van der Waals surface area contributed by atoms with E-state index in [4.69, 9.17) is 9.84 Å². The van der Waals surface area contributed by atoms with E-state index in [1.165, 1.54) is 14.0 Å². The molecular formula is C13H18N2O5S. The van der Waals surface area contributed by atoms with Gasteiger partial charge in [0.05, 0.1) is 0 Å². The zero-order valence-electron chi connectivity index (χ0n) is 12.1. The molecule has 1 aromatic rings. The van der Waals surface area contributed by atoms with Gasteiger partial charge in [-0.25, -0.2) is 9.59 Å². The van der Waals surface area contributed by atoms with E-state index in [0.717, 1.165) is 29.1 Å². The zero-order valence-corrected chi connectivity index (χ0v) is 12.9. The maximum Gasteiger partial charge on any atom is 0.349 e. The van der Waals surface area contributed by atoms with Crippen molar-refractivity contribution >= 4 is 29.2 Å². The summed E-state index contributed by atoms with van der Waals surface area (Å²) in [5, 5.41) is 13.5. The predicted molar refractivity (Wildman–Crippen MR) is 78.0 cm³/mol. The third-order valence-electron chi connectivity index (χ3n) is 2.58. The van der Waals surface area contributed by atoms with Gasteiger partial charge in [-0.2, -0.15) is 0 Å². The fourth-order valence-electron chi connectivity index (χ4n) is 1.55. The number of aryl methyl sites for hydroxylation is 1. The number of carbonyl (C=O) groups is 3. The second-order valence-corrected chi connectivity index (χ2v) is 5.43. The number of hydrogen-bond acceptors (Lipinski definition) is 5. The van der Waals surface area contributed by atoms with Gasteiger partial charge < -0.3 is 15.2 Å². The van der Waals surface area contributed by atoms with Gasteiger partial charge in [-0.05, 0) is 19.4 Å². The van der Waals surface area contributed by atoms with Crippen LogP contribution in [0.15, 0.2) is 6.07 Å². The molecule has 0 saturated heterocycles. The lowest BCUT2D eigenvalue weighted by Crippen LogP contribution is -2.44. The van der Waals surface area contributed by atoms with Crippen LogP contribution in [0.3, 0.4) is 0 Å². The first-order chi connectivity index (χ1) is 9.88. The van der Waals surface area contributed by atoms with E-state index in [0.29, 0.717) is 0 Å². The molecule has 0 radical (unpaired) electrons. The first-order valence-electron chi connectivity index (χ1n) is 6.44. The van der Waals surface area contributed by atoms with Crippen molar-refractivity contribution in [2.24, 2.45) is 0 Å². The molecule has 116 valence electrons. The van der Waals surface area contributed by atoms with Crippen molar-refractivity contribution in [3.05, 3.63) is 15.8 Å². The van der Waals surface area contributed by atoms with Crippen LogP contribution in [0, 0.1) is 0 Å². The third kappa shape index (κ3) is 4.75. The van der Waals surface area contributed by atoms with Gasteiger partial charge in [0.25, 0.3) is 5.91 Å². The Kier molecular flexibility index (Phi) is 6.16. The van der Waals surface area contributed by atoms with Crippen molar-refractivity contribution in [2.75, 3.05) is 7.05 Å². The van der Waals surface area contributed by atoms with Gasteiger partial charge in [0.2, 0.25) is 0 Å². The Hall–Kier alpha value is -2.09. The molecule has 3 amide bonds. The molecule has 0 aliphatic rings. The summed E-state index contributed by atoms with van der Waals surface area (Å²) in [4.78, 5) is 34.9. The van der Waals surface area contributed by atoms with Crippen LogP contribution in [0.2, 0.25) is 0 Å². The number of carbonyl (C=O) groups excluding carboxylic acids is 2. The van der Waals surface area contributed by atoms with Gasteiger partial charge in [-0.3, -0.25) is 10.1 Å². The smallest absolute Gasteiger partial charge is 0.349 e. The fourth-order valence-corrected chi connectivity index (χ4v) is 2.58. The summed E-state index contributed by atoms with van der Waals surface area (Å²) < 4.78 is 5.38. The summed E-state index contributed by atoms with van der Waals surface area (Å²) in [7, 11) is 1.38. The molecule has 1 unspecified atom stereocenters. The first-order valence-corrected chi connectivity index (χ1v) is 7.25. The van der Waals surface area contributed by atoms with Crippen molar-refractivity contribution in [1.82, 2.24) is 10.6 Å². The van der Waals surface area contributed by atoms with Crippen molar-refractivity contribution in [3.63, 3.8) is 0 Å². The number of urea groups is 1. The molecular weight excluding hydrogens is 296 g/mol. The van der Waals surface area contributed by atoms with E-state index in [9.17, 15) is 14.4 Å². The minimum Gasteiger partial charge on any atom is -0.479 e. The van der Waals surface area contributed by atoms with Crippen LogP contribution >= 0.6 is 11.3 Å². The van der Waals surface area contributed by atoms with Crippen LogP contribution in [0.25, 0.3) is 0 Å². The number of aromatic carboxylic acids is 1. The van der Waals surface area contributed by atoms with Crippen LogP contribution in [-0.4, -0.2) is 36.2 Å². The SMILES string of the molecule is CCCc1cc(OC(C)C(=O)NC(=O)NC)c(C(=O)O)s1. The van der Waals surface area contributed by atoms with E-state index >= 15 is 0 Å². The second kappa shape index (κ2) is 7.63. The van der Waals surface area contributed by atoms with Gasteiger partial charge in [0.15, 0.2) is 11.0 Å². The van der Waals surface area contributed by atoms with Crippen LogP contribution in [0.4, 0.5) is 4.79 Å². The van der Waals surface area contributed by atoms with Gasteiger partial charge in [-0.1, -0.05) is 13.3 Å². The number of amides is 3. The molecule has 1 heterocycles. The van der Waals surface area contributed by atoms with Crippen molar-refractivity contribution in [1.29, 1.82) is 0 Å². The highest BCUT2D eigenvalue weighted by Crippen LogP contribution is 2.31. The summed E-state index contributed by atoms with van der Waals surface area (Å²) in [6, 6.07) is 0.979. The van der Waals surface area contributed by atoms with Crippen LogP contribution in [-0.2, 0) is 11.2 Å². The van der Waals surface area contributed by atoms with E-state index in [1.54, 1.807) is 6.07 Å². The largest absolute Gasteiger partial charge is 0.479 e. The van der Waals surface area contributed by atoms with Crippen LogP contribution in [0.1, 0.15) is 34.8 Å². The Morgan fingerprint density at radius 3 is 2.62 bits per heavy atom. The Morgan fingerprint density at radius 2 is 2.10 bits per heavy atom. The topological polar surface area (TPSA) is 105 Å². The summed E-state index contributed by atoms with van der Waals surface area (Å²) in [5.41, 5.74) is 0. The van der Waals surface area contributed by atoms with Gasteiger partial charge in [-0.15, -0.1) is 11.3 Å². The molecule has 3 N–H and O–H groups in total. The Balaban J connectivity index is 2.83. The number of imide groups is 1. The maximum absolute atomic E-state index is 11.7. The molecule has 0 saturated carbocycles. The minimum absolute atomic E-state index is 0.0537. The van der Waals surface area contributed by atoms with Crippen LogP contribution < -0.4 is 15.4 Å². The van der Waals surface area contributed by atoms with Gasteiger partial charge >= 0.3 is 12.0 Å². The molecule has 0 spiro atoms. The number of hydrogen-bond donors (Lipinski definition) is 3. The molecule has 0 aliphatic carbocycles. The number of carboxylic acids is 1. The predicted octanol–water partition coefficient (Wildman–Crippen LogP) is 1.62. The van der Waals surface area contributed by atoms with E-state index in [2.05, 4.69) is 10.6 Å². The number of thiophene rings is 1. The first kappa shape index (κ1) is 17.0. The van der Waals surface area contributed by atoms with Crippen LogP contribution in [0.5, 0.6) is 5.75 Å². The van der Waals surface area contributed by atoms with Crippen molar-refractivity contribution < 1.29 is 24.2 Å². The highest BCUT2D eigenvalue weighted by molar-refractivity contribution is 7.14. The highest BCUT2D eigenvalue weighted by Gasteiger charge is 2.22. The summed E-state index contributed by atoms with van der Waals surface area (Å²) in [6.45, 7) is 3.43. The quantitative estimate of drug-likeness (QED) is 0.740. The minimum atomic E-state index is -1.10. The average molecular weight is 314 g/mol.